The summed E-state index contributed by atoms with van der Waals surface area (Å²) >= 11 is 0. The Morgan fingerprint density at radius 2 is 1.74 bits per heavy atom. The highest BCUT2D eigenvalue weighted by Crippen LogP contribution is 2.18. The maximum Gasteiger partial charge on any atom is 0.342 e. The maximum atomic E-state index is 11.8. The summed E-state index contributed by atoms with van der Waals surface area (Å²) in [6.45, 7) is 3.76. The van der Waals surface area contributed by atoms with Crippen molar-refractivity contribution in [3.8, 4) is 5.75 Å². The summed E-state index contributed by atoms with van der Waals surface area (Å²) in [6.07, 6.45) is 0. The molecule has 2 N–H and O–H groups in total. The van der Waals surface area contributed by atoms with Crippen LogP contribution in [0.5, 0.6) is 5.75 Å². The molecule has 120 valence electrons. The molecular weight excluding hydrogens is 294 g/mol. The molecule has 0 saturated carbocycles. The molecule has 0 fully saturated rings. The van der Waals surface area contributed by atoms with Crippen molar-refractivity contribution in [2.24, 2.45) is 0 Å². The minimum absolute atomic E-state index is 0.0292. The lowest BCUT2D eigenvalue weighted by Crippen LogP contribution is -2.21. The van der Waals surface area contributed by atoms with E-state index in [0.29, 0.717) is 11.6 Å². The molecule has 0 unspecified atom stereocenters. The highest BCUT2D eigenvalue weighted by atomic mass is 16.5. The molecule has 0 aromatic heterocycles. The van der Waals surface area contributed by atoms with Gasteiger partial charge in [0.2, 0.25) is 0 Å². The van der Waals surface area contributed by atoms with Crippen molar-refractivity contribution in [1.29, 1.82) is 0 Å². The summed E-state index contributed by atoms with van der Waals surface area (Å²) in [5, 5.41) is 12.2. The number of aromatic hydroxyl groups is 1. The third-order valence-corrected chi connectivity index (χ3v) is 3.32. The highest BCUT2D eigenvalue weighted by molar-refractivity contribution is 5.96. The molecule has 5 heteroatoms. The number of carbonyl (C=O) groups is 2. The van der Waals surface area contributed by atoms with Gasteiger partial charge in [-0.25, -0.2) is 4.79 Å². The SMILES string of the molecule is CC(C)c1ccc(NC(=O)COC(=O)c2ccccc2O)cc1. The largest absolute Gasteiger partial charge is 0.507 e. The number of hydrogen-bond donors (Lipinski definition) is 2. The molecule has 0 saturated heterocycles. The van der Waals surface area contributed by atoms with Gasteiger partial charge in [0.1, 0.15) is 11.3 Å². The van der Waals surface area contributed by atoms with Crippen LogP contribution in [0.1, 0.15) is 35.7 Å². The van der Waals surface area contributed by atoms with Crippen molar-refractivity contribution in [1.82, 2.24) is 0 Å². The molecule has 0 spiro atoms. The molecule has 0 bridgehead atoms. The van der Waals surface area contributed by atoms with Gasteiger partial charge in [0, 0.05) is 5.69 Å². The fraction of sp³-hybridized carbons (Fsp3) is 0.222. The van der Waals surface area contributed by atoms with E-state index >= 15 is 0 Å². The molecular formula is C18H19NO4. The van der Waals surface area contributed by atoms with Crippen molar-refractivity contribution < 1.29 is 19.4 Å². The number of para-hydroxylation sites is 1. The fourth-order valence-electron chi connectivity index (χ4n) is 2.00. The lowest BCUT2D eigenvalue weighted by molar-refractivity contribution is -0.119. The zero-order valence-electron chi connectivity index (χ0n) is 13.1. The number of carbonyl (C=O) groups excluding carboxylic acids is 2. The minimum Gasteiger partial charge on any atom is -0.507 e. The molecule has 0 aliphatic rings. The van der Waals surface area contributed by atoms with E-state index in [0.717, 1.165) is 0 Å². The standard InChI is InChI=1S/C18H19NO4/c1-12(2)13-7-9-14(10-8-13)19-17(21)11-23-18(22)15-5-3-4-6-16(15)20/h3-10,12,20H,11H2,1-2H3,(H,19,21). The molecule has 2 aromatic rings. The van der Waals surface area contributed by atoms with Gasteiger partial charge in [0.25, 0.3) is 5.91 Å². The first kappa shape index (κ1) is 16.5. The number of phenols is 1. The van der Waals surface area contributed by atoms with Crippen molar-refractivity contribution in [2.45, 2.75) is 19.8 Å². The number of phenolic OH excluding ortho intramolecular Hbond substituents is 1. The van der Waals surface area contributed by atoms with Crippen LogP contribution < -0.4 is 5.32 Å². The van der Waals surface area contributed by atoms with Gasteiger partial charge in [-0.15, -0.1) is 0 Å². The van der Waals surface area contributed by atoms with Gasteiger partial charge in [-0.2, -0.15) is 0 Å². The summed E-state index contributed by atoms with van der Waals surface area (Å²) in [5.74, 6) is -0.944. The summed E-state index contributed by atoms with van der Waals surface area (Å²) < 4.78 is 4.89. The number of ether oxygens (including phenoxy) is 1. The van der Waals surface area contributed by atoms with Gasteiger partial charge in [0.15, 0.2) is 6.61 Å². The molecule has 1 amide bonds. The van der Waals surface area contributed by atoms with E-state index in [1.165, 1.54) is 17.7 Å². The molecule has 0 aliphatic heterocycles. The summed E-state index contributed by atoms with van der Waals surface area (Å²) in [4.78, 5) is 23.6. The number of benzene rings is 2. The van der Waals surface area contributed by atoms with E-state index < -0.39 is 18.5 Å². The second-order valence-corrected chi connectivity index (χ2v) is 5.42. The molecule has 0 aliphatic carbocycles. The van der Waals surface area contributed by atoms with Crippen molar-refractivity contribution in [2.75, 3.05) is 11.9 Å². The van der Waals surface area contributed by atoms with E-state index in [1.807, 2.05) is 12.1 Å². The summed E-state index contributed by atoms with van der Waals surface area (Å²) in [6, 6.07) is 13.5. The number of nitrogens with one attached hydrogen (secondary N) is 1. The Hall–Kier alpha value is -2.82. The van der Waals surface area contributed by atoms with Gasteiger partial charge in [0.05, 0.1) is 0 Å². The predicted molar refractivity (Wildman–Crippen MR) is 87.6 cm³/mol. The van der Waals surface area contributed by atoms with E-state index in [2.05, 4.69) is 19.2 Å². The Kier molecular flexibility index (Phi) is 5.36. The van der Waals surface area contributed by atoms with Crippen LogP contribution in [0.2, 0.25) is 0 Å². The average molecular weight is 313 g/mol. The first-order valence-electron chi connectivity index (χ1n) is 7.32. The molecule has 2 aromatic carbocycles. The van der Waals surface area contributed by atoms with Crippen LogP contribution in [0.3, 0.4) is 0 Å². The quantitative estimate of drug-likeness (QED) is 0.830. The van der Waals surface area contributed by atoms with Crippen molar-refractivity contribution in [3.05, 3.63) is 59.7 Å². The fourth-order valence-corrected chi connectivity index (χ4v) is 2.00. The Morgan fingerprint density at radius 3 is 2.35 bits per heavy atom. The maximum absolute atomic E-state index is 11.8. The summed E-state index contributed by atoms with van der Waals surface area (Å²) in [7, 11) is 0. The molecule has 23 heavy (non-hydrogen) atoms. The smallest absolute Gasteiger partial charge is 0.342 e. The van der Waals surface area contributed by atoms with Gasteiger partial charge in [-0.1, -0.05) is 38.1 Å². The monoisotopic (exact) mass is 313 g/mol. The first-order valence-corrected chi connectivity index (χ1v) is 7.32. The topological polar surface area (TPSA) is 75.6 Å². The molecule has 0 atom stereocenters. The van der Waals surface area contributed by atoms with E-state index in [-0.39, 0.29) is 11.3 Å². The van der Waals surface area contributed by atoms with E-state index in [4.69, 9.17) is 4.74 Å². The number of esters is 1. The van der Waals surface area contributed by atoms with Crippen molar-refractivity contribution >= 4 is 17.6 Å². The Balaban J connectivity index is 1.88. The predicted octanol–water partition coefficient (Wildman–Crippen LogP) is 3.31. The van der Waals surface area contributed by atoms with Gasteiger partial charge >= 0.3 is 5.97 Å². The zero-order chi connectivity index (χ0) is 16.8. The minimum atomic E-state index is -0.742. The van der Waals surface area contributed by atoms with Crippen LogP contribution >= 0.6 is 0 Å². The number of amides is 1. The number of rotatable bonds is 5. The normalized spacial score (nSPS) is 10.4. The van der Waals surface area contributed by atoms with Crippen LogP contribution in [0, 0.1) is 0 Å². The third-order valence-electron chi connectivity index (χ3n) is 3.32. The second kappa shape index (κ2) is 7.45. The average Bonchev–Trinajstić information content (AvgIpc) is 2.53. The summed E-state index contributed by atoms with van der Waals surface area (Å²) in [5.41, 5.74) is 1.84. The number of hydrogen-bond acceptors (Lipinski definition) is 4. The molecule has 0 radical (unpaired) electrons. The zero-order valence-corrected chi connectivity index (χ0v) is 13.1. The Morgan fingerprint density at radius 1 is 1.09 bits per heavy atom. The number of anilines is 1. The third kappa shape index (κ3) is 4.57. The Bertz CT molecular complexity index is 692. The van der Waals surface area contributed by atoms with Crippen molar-refractivity contribution in [3.63, 3.8) is 0 Å². The van der Waals surface area contributed by atoms with Gasteiger partial charge in [-0.3, -0.25) is 4.79 Å². The van der Waals surface area contributed by atoms with Crippen LogP contribution in [0.25, 0.3) is 0 Å². The lowest BCUT2D eigenvalue weighted by atomic mass is 10.0. The van der Waals surface area contributed by atoms with Crippen LogP contribution in [-0.2, 0) is 9.53 Å². The Labute approximate surface area is 134 Å². The first-order chi connectivity index (χ1) is 11.0. The van der Waals surface area contributed by atoms with E-state index in [1.54, 1.807) is 24.3 Å². The van der Waals surface area contributed by atoms with Gasteiger partial charge < -0.3 is 15.2 Å². The van der Waals surface area contributed by atoms with Gasteiger partial charge in [-0.05, 0) is 35.7 Å². The van der Waals surface area contributed by atoms with Crippen LogP contribution in [-0.4, -0.2) is 23.6 Å². The lowest BCUT2D eigenvalue weighted by Gasteiger charge is -2.09. The molecule has 0 heterocycles. The highest BCUT2D eigenvalue weighted by Gasteiger charge is 2.13. The molecule has 2 rings (SSSR count). The van der Waals surface area contributed by atoms with Crippen LogP contribution in [0.15, 0.2) is 48.5 Å². The molecule has 5 nitrogen and oxygen atoms in total. The van der Waals surface area contributed by atoms with E-state index in [9.17, 15) is 14.7 Å². The second-order valence-electron chi connectivity index (χ2n) is 5.42. The van der Waals surface area contributed by atoms with Crippen LogP contribution in [0.4, 0.5) is 5.69 Å².